The second-order valence-corrected chi connectivity index (χ2v) is 6.24. The summed E-state index contributed by atoms with van der Waals surface area (Å²) in [6.07, 6.45) is 3.62. The smallest absolute Gasteiger partial charge is 0.139 e. The van der Waals surface area contributed by atoms with E-state index in [4.69, 9.17) is 4.74 Å². The lowest BCUT2D eigenvalue weighted by Gasteiger charge is -2.15. The van der Waals surface area contributed by atoms with Gasteiger partial charge in [-0.2, -0.15) is 0 Å². The van der Waals surface area contributed by atoms with E-state index in [1.54, 1.807) is 7.11 Å². The Labute approximate surface area is 117 Å². The highest BCUT2D eigenvalue weighted by Crippen LogP contribution is 2.39. The number of thiophene rings is 1. The van der Waals surface area contributed by atoms with Crippen molar-refractivity contribution < 1.29 is 4.74 Å². The molecule has 0 aromatic carbocycles. The Morgan fingerprint density at radius 3 is 3.00 bits per heavy atom. The van der Waals surface area contributed by atoms with Gasteiger partial charge in [-0.15, -0.1) is 11.3 Å². The fourth-order valence-corrected chi connectivity index (χ4v) is 4.04. The van der Waals surface area contributed by atoms with Crippen molar-refractivity contribution in [2.75, 3.05) is 19.0 Å². The molecule has 19 heavy (non-hydrogen) atoms. The monoisotopic (exact) mass is 277 g/mol. The number of rotatable bonds is 4. The van der Waals surface area contributed by atoms with Gasteiger partial charge in [-0.05, 0) is 38.7 Å². The molecule has 2 aromatic rings. The molecule has 0 radical (unpaired) electrons. The average molecular weight is 277 g/mol. The SMILES string of the molecule is COC[C@H](C)Nc1nc(C)nc2sc3c(c12)CCC3. The lowest BCUT2D eigenvalue weighted by molar-refractivity contribution is 0.190. The summed E-state index contributed by atoms with van der Waals surface area (Å²) < 4.78 is 5.19. The molecule has 0 amide bonds. The van der Waals surface area contributed by atoms with Gasteiger partial charge in [-0.1, -0.05) is 0 Å². The van der Waals surface area contributed by atoms with Crippen LogP contribution in [-0.4, -0.2) is 29.7 Å². The van der Waals surface area contributed by atoms with Crippen LogP contribution >= 0.6 is 11.3 Å². The second kappa shape index (κ2) is 5.06. The van der Waals surface area contributed by atoms with Crippen LogP contribution in [0.3, 0.4) is 0 Å². The maximum atomic E-state index is 5.19. The molecule has 0 fully saturated rings. The van der Waals surface area contributed by atoms with Gasteiger partial charge < -0.3 is 10.1 Å². The molecule has 0 aliphatic heterocycles. The molecule has 0 unspecified atom stereocenters. The fraction of sp³-hybridized carbons (Fsp3) is 0.571. The minimum atomic E-state index is 0.249. The fourth-order valence-electron chi connectivity index (χ4n) is 2.73. The molecule has 0 spiro atoms. The molecule has 0 saturated carbocycles. The van der Waals surface area contributed by atoms with E-state index < -0.39 is 0 Å². The number of ether oxygens (including phenoxy) is 1. The number of hydrogen-bond acceptors (Lipinski definition) is 5. The third-order valence-corrected chi connectivity index (χ3v) is 4.66. The number of anilines is 1. The van der Waals surface area contributed by atoms with Crippen molar-refractivity contribution in [3.63, 3.8) is 0 Å². The zero-order valence-electron chi connectivity index (χ0n) is 11.6. The molecular formula is C14H19N3OS. The summed E-state index contributed by atoms with van der Waals surface area (Å²) in [7, 11) is 1.72. The molecule has 2 heterocycles. The maximum Gasteiger partial charge on any atom is 0.139 e. The van der Waals surface area contributed by atoms with E-state index in [2.05, 4.69) is 22.2 Å². The van der Waals surface area contributed by atoms with Gasteiger partial charge in [0.1, 0.15) is 16.5 Å². The first-order valence-electron chi connectivity index (χ1n) is 6.73. The number of nitrogens with one attached hydrogen (secondary N) is 1. The van der Waals surface area contributed by atoms with Gasteiger partial charge in [-0.3, -0.25) is 0 Å². The van der Waals surface area contributed by atoms with E-state index in [9.17, 15) is 0 Å². The Morgan fingerprint density at radius 2 is 2.21 bits per heavy atom. The summed E-state index contributed by atoms with van der Waals surface area (Å²) in [5, 5.41) is 4.71. The Bertz CT molecular complexity index is 608. The minimum Gasteiger partial charge on any atom is -0.383 e. The average Bonchev–Trinajstić information content (AvgIpc) is 2.87. The second-order valence-electron chi connectivity index (χ2n) is 5.16. The molecule has 4 nitrogen and oxygen atoms in total. The number of aromatic nitrogens is 2. The number of methoxy groups -OCH3 is 1. The van der Waals surface area contributed by atoms with Crippen molar-refractivity contribution in [2.24, 2.45) is 0 Å². The highest BCUT2D eigenvalue weighted by molar-refractivity contribution is 7.19. The van der Waals surface area contributed by atoms with Crippen LogP contribution in [0.1, 0.15) is 29.6 Å². The molecule has 1 aliphatic carbocycles. The van der Waals surface area contributed by atoms with Gasteiger partial charge in [0.25, 0.3) is 0 Å². The van der Waals surface area contributed by atoms with Gasteiger partial charge >= 0.3 is 0 Å². The molecule has 102 valence electrons. The first-order valence-corrected chi connectivity index (χ1v) is 7.55. The largest absolute Gasteiger partial charge is 0.383 e. The minimum absolute atomic E-state index is 0.249. The molecule has 1 aliphatic rings. The number of nitrogens with zero attached hydrogens (tertiary/aromatic N) is 2. The van der Waals surface area contributed by atoms with Crippen molar-refractivity contribution in [1.29, 1.82) is 0 Å². The lowest BCUT2D eigenvalue weighted by atomic mass is 10.2. The van der Waals surface area contributed by atoms with Gasteiger partial charge in [0.15, 0.2) is 0 Å². The lowest BCUT2D eigenvalue weighted by Crippen LogP contribution is -2.22. The van der Waals surface area contributed by atoms with E-state index in [0.29, 0.717) is 6.61 Å². The van der Waals surface area contributed by atoms with Gasteiger partial charge in [0.05, 0.1) is 12.0 Å². The standard InChI is InChI=1S/C14H19N3OS/c1-8(7-18-3)15-13-12-10-5-4-6-11(10)19-14(12)17-9(2)16-13/h8H,4-7H2,1-3H3,(H,15,16,17)/t8-/m0/s1. The van der Waals surface area contributed by atoms with Gasteiger partial charge in [0, 0.05) is 18.0 Å². The van der Waals surface area contributed by atoms with E-state index in [1.807, 2.05) is 18.3 Å². The van der Waals surface area contributed by atoms with E-state index in [-0.39, 0.29) is 6.04 Å². The topological polar surface area (TPSA) is 47.0 Å². The number of hydrogen-bond donors (Lipinski definition) is 1. The molecule has 3 rings (SSSR count). The third-order valence-electron chi connectivity index (χ3n) is 3.48. The van der Waals surface area contributed by atoms with Gasteiger partial charge in [0.2, 0.25) is 0 Å². The van der Waals surface area contributed by atoms with E-state index >= 15 is 0 Å². The molecule has 0 bridgehead atoms. The summed E-state index contributed by atoms with van der Waals surface area (Å²) in [5.41, 5.74) is 1.46. The van der Waals surface area contributed by atoms with Crippen LogP contribution in [-0.2, 0) is 17.6 Å². The summed E-state index contributed by atoms with van der Waals surface area (Å²) in [5.74, 6) is 1.81. The number of fused-ring (bicyclic) bond motifs is 3. The van der Waals surface area contributed by atoms with Crippen LogP contribution in [0.25, 0.3) is 10.2 Å². The van der Waals surface area contributed by atoms with Crippen molar-refractivity contribution in [2.45, 2.75) is 39.2 Å². The zero-order chi connectivity index (χ0) is 13.4. The van der Waals surface area contributed by atoms with Crippen molar-refractivity contribution in [3.05, 3.63) is 16.3 Å². The van der Waals surface area contributed by atoms with Crippen LogP contribution in [0.2, 0.25) is 0 Å². The predicted molar refractivity (Wildman–Crippen MR) is 79.1 cm³/mol. The Kier molecular flexibility index (Phi) is 3.41. The predicted octanol–water partition coefficient (Wildman–Crippen LogP) is 2.94. The highest BCUT2D eigenvalue weighted by atomic mass is 32.1. The summed E-state index contributed by atoms with van der Waals surface area (Å²) in [6, 6.07) is 0.249. The van der Waals surface area contributed by atoms with Crippen LogP contribution < -0.4 is 5.32 Å². The number of aryl methyl sites for hydroxylation is 3. The van der Waals surface area contributed by atoms with Crippen molar-refractivity contribution in [3.8, 4) is 0 Å². The third kappa shape index (κ3) is 2.32. The molecule has 0 saturated heterocycles. The Balaban J connectivity index is 2.06. The van der Waals surface area contributed by atoms with E-state index in [1.165, 1.54) is 28.7 Å². The van der Waals surface area contributed by atoms with Crippen LogP contribution in [0.5, 0.6) is 0 Å². The normalized spacial score (nSPS) is 15.7. The molecule has 2 aromatic heterocycles. The molecule has 5 heteroatoms. The van der Waals surface area contributed by atoms with Crippen LogP contribution in [0.4, 0.5) is 5.82 Å². The molecule has 1 atom stereocenters. The zero-order valence-corrected chi connectivity index (χ0v) is 12.4. The molecular weight excluding hydrogens is 258 g/mol. The first kappa shape index (κ1) is 12.8. The quantitative estimate of drug-likeness (QED) is 0.933. The summed E-state index contributed by atoms with van der Waals surface area (Å²) in [6.45, 7) is 4.74. The van der Waals surface area contributed by atoms with Crippen LogP contribution in [0.15, 0.2) is 0 Å². The molecule has 1 N–H and O–H groups in total. The van der Waals surface area contributed by atoms with E-state index in [0.717, 1.165) is 22.9 Å². The maximum absolute atomic E-state index is 5.19. The Morgan fingerprint density at radius 1 is 1.37 bits per heavy atom. The van der Waals surface area contributed by atoms with Crippen molar-refractivity contribution >= 4 is 27.4 Å². The van der Waals surface area contributed by atoms with Gasteiger partial charge in [-0.25, -0.2) is 9.97 Å². The first-order chi connectivity index (χ1) is 9.19. The summed E-state index contributed by atoms with van der Waals surface area (Å²) >= 11 is 1.83. The van der Waals surface area contributed by atoms with Crippen LogP contribution in [0, 0.1) is 6.92 Å². The highest BCUT2D eigenvalue weighted by Gasteiger charge is 2.22. The van der Waals surface area contributed by atoms with Crippen molar-refractivity contribution in [1.82, 2.24) is 9.97 Å². The summed E-state index contributed by atoms with van der Waals surface area (Å²) in [4.78, 5) is 11.8. The Hall–Kier alpha value is -1.20.